The van der Waals surface area contributed by atoms with E-state index in [4.69, 9.17) is 16.3 Å². The van der Waals surface area contributed by atoms with Gasteiger partial charge in [0.15, 0.2) is 0 Å². The van der Waals surface area contributed by atoms with Gasteiger partial charge < -0.3 is 15.4 Å². The Hall–Kier alpha value is -3.12. The summed E-state index contributed by atoms with van der Waals surface area (Å²) in [6.45, 7) is 0.614. The Labute approximate surface area is 156 Å². The van der Waals surface area contributed by atoms with Gasteiger partial charge in [0.25, 0.3) is 0 Å². The van der Waals surface area contributed by atoms with Crippen LogP contribution in [0.4, 0.5) is 17.5 Å². The van der Waals surface area contributed by atoms with Crippen molar-refractivity contribution in [3.63, 3.8) is 0 Å². The minimum absolute atomic E-state index is 0.399. The Morgan fingerprint density at radius 2 is 1.96 bits per heavy atom. The van der Waals surface area contributed by atoms with Crippen LogP contribution in [0.5, 0.6) is 0 Å². The summed E-state index contributed by atoms with van der Waals surface area (Å²) in [5.41, 5.74) is 2.08. The Morgan fingerprint density at radius 3 is 2.73 bits per heavy atom. The topological polar surface area (TPSA) is 76.1 Å². The first-order valence-corrected chi connectivity index (χ1v) is 8.29. The molecule has 0 saturated carbocycles. The lowest BCUT2D eigenvalue weighted by Crippen LogP contribution is -2.06. The van der Waals surface area contributed by atoms with Crippen LogP contribution in [0.25, 0.3) is 0 Å². The second kappa shape index (κ2) is 8.31. The molecule has 0 fully saturated rings. The smallest absolute Gasteiger partial charge is 0.337 e. The maximum Gasteiger partial charge on any atom is 0.337 e. The fourth-order valence-corrected chi connectivity index (χ4v) is 2.46. The molecule has 132 valence electrons. The third-order valence-corrected chi connectivity index (χ3v) is 3.93. The van der Waals surface area contributed by atoms with E-state index in [1.54, 1.807) is 30.5 Å². The molecule has 2 aromatic carbocycles. The van der Waals surface area contributed by atoms with Gasteiger partial charge in [-0.1, -0.05) is 41.9 Å². The van der Waals surface area contributed by atoms with Gasteiger partial charge in [-0.05, 0) is 29.8 Å². The van der Waals surface area contributed by atoms with Crippen molar-refractivity contribution in [3.05, 3.63) is 76.9 Å². The molecule has 0 aliphatic rings. The zero-order valence-corrected chi connectivity index (χ0v) is 14.8. The van der Waals surface area contributed by atoms with E-state index in [0.29, 0.717) is 34.6 Å². The van der Waals surface area contributed by atoms with Gasteiger partial charge in [-0.25, -0.2) is 9.78 Å². The first-order valence-electron chi connectivity index (χ1n) is 7.91. The van der Waals surface area contributed by atoms with E-state index in [9.17, 15) is 4.79 Å². The average Bonchev–Trinajstić information content (AvgIpc) is 2.68. The summed E-state index contributed by atoms with van der Waals surface area (Å²) in [5, 5.41) is 6.74. The number of rotatable bonds is 6. The molecule has 0 radical (unpaired) electrons. The highest BCUT2D eigenvalue weighted by Crippen LogP contribution is 2.26. The van der Waals surface area contributed by atoms with E-state index in [2.05, 4.69) is 20.6 Å². The number of benzene rings is 2. The molecule has 0 saturated heterocycles. The first kappa shape index (κ1) is 17.7. The standard InChI is InChI=1S/C19H17ClN4O2/c1-26-18(25)14-7-8-15(20)16(11-14)23-17-9-10-21-19(24-17)22-12-13-5-3-2-4-6-13/h2-11H,12H2,1H3,(H2,21,22,23,24). The quantitative estimate of drug-likeness (QED) is 0.633. The van der Waals surface area contributed by atoms with Gasteiger partial charge in [-0.3, -0.25) is 0 Å². The van der Waals surface area contributed by atoms with Gasteiger partial charge in [-0.15, -0.1) is 0 Å². The van der Waals surface area contributed by atoms with Gasteiger partial charge >= 0.3 is 5.97 Å². The number of aromatic nitrogens is 2. The molecule has 1 aromatic heterocycles. The molecule has 26 heavy (non-hydrogen) atoms. The second-order valence-electron chi connectivity index (χ2n) is 5.42. The molecule has 3 aromatic rings. The summed E-state index contributed by atoms with van der Waals surface area (Å²) in [6.07, 6.45) is 1.64. The molecule has 7 heteroatoms. The number of carbonyl (C=O) groups is 1. The number of ether oxygens (including phenoxy) is 1. The maximum atomic E-state index is 11.7. The van der Waals surface area contributed by atoms with Crippen molar-refractivity contribution in [3.8, 4) is 0 Å². The Kier molecular flexibility index (Phi) is 5.66. The van der Waals surface area contributed by atoms with Crippen LogP contribution in [0, 0.1) is 0 Å². The highest BCUT2D eigenvalue weighted by atomic mass is 35.5. The number of nitrogens with one attached hydrogen (secondary N) is 2. The molecule has 0 amide bonds. The van der Waals surface area contributed by atoms with Crippen LogP contribution in [0.3, 0.4) is 0 Å². The summed E-state index contributed by atoms with van der Waals surface area (Å²) >= 11 is 6.20. The summed E-state index contributed by atoms with van der Waals surface area (Å²) in [6, 6.07) is 16.5. The predicted molar refractivity (Wildman–Crippen MR) is 102 cm³/mol. The largest absolute Gasteiger partial charge is 0.465 e. The molecule has 0 aliphatic heterocycles. The molecule has 0 bridgehead atoms. The molecule has 1 heterocycles. The fraction of sp³-hybridized carbons (Fsp3) is 0.105. The van der Waals surface area contributed by atoms with Crippen molar-refractivity contribution in [2.45, 2.75) is 6.54 Å². The van der Waals surface area contributed by atoms with Gasteiger partial charge in [0.1, 0.15) is 5.82 Å². The van der Waals surface area contributed by atoms with E-state index in [0.717, 1.165) is 5.56 Å². The second-order valence-corrected chi connectivity index (χ2v) is 5.82. The Morgan fingerprint density at radius 1 is 1.15 bits per heavy atom. The molecule has 0 spiro atoms. The van der Waals surface area contributed by atoms with E-state index < -0.39 is 5.97 Å². The number of esters is 1. The molecular weight excluding hydrogens is 352 g/mol. The Bertz CT molecular complexity index is 903. The number of hydrogen-bond donors (Lipinski definition) is 2. The summed E-state index contributed by atoms with van der Waals surface area (Å²) in [4.78, 5) is 20.3. The zero-order valence-electron chi connectivity index (χ0n) is 14.1. The molecule has 3 rings (SSSR count). The van der Waals surface area contributed by atoms with Gasteiger partial charge in [0.05, 0.1) is 23.4 Å². The maximum absolute atomic E-state index is 11.7. The third kappa shape index (κ3) is 4.49. The molecular formula is C19H17ClN4O2. The van der Waals surface area contributed by atoms with E-state index in [1.807, 2.05) is 30.3 Å². The van der Waals surface area contributed by atoms with Crippen LogP contribution >= 0.6 is 11.6 Å². The highest BCUT2D eigenvalue weighted by molar-refractivity contribution is 6.33. The average molecular weight is 369 g/mol. The van der Waals surface area contributed by atoms with Crippen LogP contribution in [0.15, 0.2) is 60.8 Å². The lowest BCUT2D eigenvalue weighted by atomic mass is 10.2. The number of hydrogen-bond acceptors (Lipinski definition) is 6. The van der Waals surface area contributed by atoms with Crippen LogP contribution in [-0.4, -0.2) is 23.0 Å². The monoisotopic (exact) mass is 368 g/mol. The minimum Gasteiger partial charge on any atom is -0.465 e. The molecule has 0 unspecified atom stereocenters. The molecule has 0 atom stereocenters. The van der Waals surface area contributed by atoms with Crippen LogP contribution in [0.2, 0.25) is 5.02 Å². The number of methoxy groups -OCH3 is 1. The SMILES string of the molecule is COC(=O)c1ccc(Cl)c(Nc2ccnc(NCc3ccccc3)n2)c1. The first-order chi connectivity index (χ1) is 12.7. The van der Waals surface area contributed by atoms with E-state index in [1.165, 1.54) is 7.11 Å². The van der Waals surface area contributed by atoms with Crippen molar-refractivity contribution >= 4 is 35.0 Å². The van der Waals surface area contributed by atoms with Crippen molar-refractivity contribution < 1.29 is 9.53 Å². The zero-order chi connectivity index (χ0) is 18.4. The normalized spacial score (nSPS) is 10.2. The van der Waals surface area contributed by atoms with Gasteiger partial charge in [0.2, 0.25) is 5.95 Å². The van der Waals surface area contributed by atoms with Gasteiger partial charge in [0, 0.05) is 12.7 Å². The van der Waals surface area contributed by atoms with Crippen LogP contribution in [-0.2, 0) is 11.3 Å². The van der Waals surface area contributed by atoms with Crippen molar-refractivity contribution in [2.75, 3.05) is 17.7 Å². The molecule has 2 N–H and O–H groups in total. The minimum atomic E-state index is -0.433. The van der Waals surface area contributed by atoms with Crippen LogP contribution in [0.1, 0.15) is 15.9 Å². The summed E-state index contributed by atoms with van der Waals surface area (Å²) in [5.74, 6) is 0.608. The van der Waals surface area contributed by atoms with Crippen molar-refractivity contribution in [1.82, 2.24) is 9.97 Å². The van der Waals surface area contributed by atoms with Crippen molar-refractivity contribution in [1.29, 1.82) is 0 Å². The highest BCUT2D eigenvalue weighted by Gasteiger charge is 2.10. The number of halogens is 1. The number of carbonyl (C=O) groups excluding carboxylic acids is 1. The number of nitrogens with zero attached hydrogens (tertiary/aromatic N) is 2. The molecule has 0 aliphatic carbocycles. The van der Waals surface area contributed by atoms with Gasteiger partial charge in [-0.2, -0.15) is 4.98 Å². The Balaban J connectivity index is 1.73. The summed E-state index contributed by atoms with van der Waals surface area (Å²) < 4.78 is 4.73. The lowest BCUT2D eigenvalue weighted by molar-refractivity contribution is 0.0601. The summed E-state index contributed by atoms with van der Waals surface area (Å²) in [7, 11) is 1.33. The lowest BCUT2D eigenvalue weighted by Gasteiger charge is -2.11. The predicted octanol–water partition coefficient (Wildman–Crippen LogP) is 4.27. The van der Waals surface area contributed by atoms with E-state index >= 15 is 0 Å². The third-order valence-electron chi connectivity index (χ3n) is 3.60. The van der Waals surface area contributed by atoms with Crippen molar-refractivity contribution in [2.24, 2.45) is 0 Å². The fourth-order valence-electron chi connectivity index (χ4n) is 2.29. The molecule has 6 nitrogen and oxygen atoms in total. The number of anilines is 3. The van der Waals surface area contributed by atoms with Crippen LogP contribution < -0.4 is 10.6 Å². The van der Waals surface area contributed by atoms with E-state index in [-0.39, 0.29) is 0 Å².